The molecule has 4 rings (SSSR count). The Morgan fingerprint density at radius 1 is 0.958 bits per heavy atom. The van der Waals surface area contributed by atoms with Crippen molar-refractivity contribution in [3.8, 4) is 0 Å². The Morgan fingerprint density at radius 3 is 2.23 bits per heavy atom. The van der Waals surface area contributed by atoms with Crippen LogP contribution in [-0.4, -0.2) is 67.8 Å². The summed E-state index contributed by atoms with van der Waals surface area (Å²) in [6, 6.07) is 12.0. The van der Waals surface area contributed by atoms with Crippen LogP contribution in [0.25, 0.3) is 0 Å². The van der Waals surface area contributed by atoms with Crippen LogP contribution in [0.15, 0.2) is 54.6 Å². The summed E-state index contributed by atoms with van der Waals surface area (Å²) >= 11 is 0. The number of halogens is 2. The van der Waals surface area contributed by atoms with Gasteiger partial charge in [0.2, 0.25) is 0 Å². The summed E-state index contributed by atoms with van der Waals surface area (Å²) in [5.74, 6) is -2.34. The van der Waals surface area contributed by atoms with Crippen LogP contribution >= 0.6 is 0 Å². The third kappa shape index (κ3) is 9.70. The highest BCUT2D eigenvalue weighted by Crippen LogP contribution is 2.31. The van der Waals surface area contributed by atoms with Crippen molar-refractivity contribution in [1.29, 1.82) is 0 Å². The molecule has 3 N–H and O–H groups in total. The van der Waals surface area contributed by atoms with Gasteiger partial charge in [0, 0.05) is 42.9 Å². The van der Waals surface area contributed by atoms with Crippen LogP contribution in [0.5, 0.6) is 0 Å². The molecular weight excluding hydrogens is 636 g/mol. The number of nitrogens with one attached hydrogen (secondary N) is 2. The smallest absolute Gasteiger partial charge is 0.253 e. The maximum absolute atomic E-state index is 14.1. The van der Waals surface area contributed by atoms with Crippen LogP contribution in [0, 0.1) is 18.6 Å². The van der Waals surface area contributed by atoms with E-state index in [2.05, 4.69) is 24.5 Å². The standard InChI is InChI=1S/C37H47F2N3O5S/c1-6-10-42(11-7-2)37(45)29-13-24(5)12-28(17-29)36(44)41-33(16-25-14-30(38)19-31(39)15-25)35(43)20-40-34-22-48(46,47)21-27-9-8-26(23(3)4)18-32(27)34/h8-9,12-15,17-19,23,33-35,40,43H,6-7,10-11,16,20-22H2,1-5H3,(H,41,44). The molecule has 0 bridgehead atoms. The third-order valence-corrected chi connectivity index (χ3v) is 10.2. The van der Waals surface area contributed by atoms with Crippen molar-refractivity contribution < 1.29 is 31.9 Å². The number of nitrogens with zero attached hydrogens (tertiary/aromatic N) is 1. The summed E-state index contributed by atoms with van der Waals surface area (Å²) in [6.45, 7) is 10.9. The van der Waals surface area contributed by atoms with E-state index in [1.54, 1.807) is 24.0 Å². The fourth-order valence-electron chi connectivity index (χ4n) is 6.23. The fourth-order valence-corrected chi connectivity index (χ4v) is 7.89. The Balaban J connectivity index is 1.60. The zero-order chi connectivity index (χ0) is 35.2. The second-order valence-corrected chi connectivity index (χ2v) is 15.2. The number of aryl methyl sites for hydroxylation is 1. The maximum atomic E-state index is 14.1. The second-order valence-electron chi connectivity index (χ2n) is 13.1. The second kappa shape index (κ2) is 16.2. The van der Waals surface area contributed by atoms with Gasteiger partial charge in [0.25, 0.3) is 11.8 Å². The van der Waals surface area contributed by atoms with Crippen molar-refractivity contribution in [3.05, 3.63) is 105 Å². The Labute approximate surface area is 282 Å². The van der Waals surface area contributed by atoms with Crippen LogP contribution in [0.2, 0.25) is 0 Å². The monoisotopic (exact) mass is 683 g/mol. The number of hydrogen-bond acceptors (Lipinski definition) is 6. The lowest BCUT2D eigenvalue weighted by Gasteiger charge is -2.30. The minimum atomic E-state index is -3.42. The average Bonchev–Trinajstić information content (AvgIpc) is 3.01. The van der Waals surface area contributed by atoms with Crippen LogP contribution in [-0.2, 0) is 22.0 Å². The predicted molar refractivity (Wildman–Crippen MR) is 184 cm³/mol. The van der Waals surface area contributed by atoms with Crippen molar-refractivity contribution in [2.75, 3.05) is 25.4 Å². The summed E-state index contributed by atoms with van der Waals surface area (Å²) in [5.41, 5.74) is 4.08. The molecule has 3 unspecified atom stereocenters. The molecule has 1 aliphatic rings. The van der Waals surface area contributed by atoms with E-state index in [4.69, 9.17) is 0 Å². The molecule has 2 amide bonds. The highest BCUT2D eigenvalue weighted by molar-refractivity contribution is 7.90. The quantitative estimate of drug-likeness (QED) is 0.203. The number of carbonyl (C=O) groups excluding carboxylic acids is 2. The molecule has 0 fully saturated rings. The van der Waals surface area contributed by atoms with Crippen LogP contribution in [0.1, 0.15) is 101 Å². The van der Waals surface area contributed by atoms with E-state index in [0.29, 0.717) is 29.8 Å². The van der Waals surface area contributed by atoms with E-state index < -0.39 is 45.6 Å². The van der Waals surface area contributed by atoms with Gasteiger partial charge >= 0.3 is 0 Å². The van der Waals surface area contributed by atoms with Crippen LogP contribution < -0.4 is 10.6 Å². The number of benzene rings is 3. The molecule has 3 aromatic rings. The lowest BCUT2D eigenvalue weighted by atomic mass is 9.94. The number of amides is 2. The van der Waals surface area contributed by atoms with E-state index >= 15 is 0 Å². The van der Waals surface area contributed by atoms with Gasteiger partial charge in [0.1, 0.15) is 11.6 Å². The number of aliphatic hydroxyl groups is 1. The molecule has 0 spiro atoms. The first-order valence-corrected chi connectivity index (χ1v) is 18.4. The summed E-state index contributed by atoms with van der Waals surface area (Å²) in [6.07, 6.45) is 0.183. The average molecular weight is 684 g/mol. The number of sulfone groups is 1. The highest BCUT2D eigenvalue weighted by atomic mass is 32.2. The van der Waals surface area contributed by atoms with Gasteiger partial charge in [0.15, 0.2) is 9.84 Å². The minimum absolute atomic E-state index is 0.0686. The molecule has 11 heteroatoms. The first-order chi connectivity index (χ1) is 22.7. The van der Waals surface area contributed by atoms with E-state index in [0.717, 1.165) is 42.2 Å². The summed E-state index contributed by atoms with van der Waals surface area (Å²) in [4.78, 5) is 28.8. The molecule has 0 aromatic heterocycles. The largest absolute Gasteiger partial charge is 0.390 e. The van der Waals surface area contributed by atoms with E-state index in [-0.39, 0.29) is 47.4 Å². The Kier molecular flexibility index (Phi) is 12.5. The molecule has 0 saturated heterocycles. The molecule has 1 aliphatic heterocycles. The summed E-state index contributed by atoms with van der Waals surface area (Å²) < 4.78 is 53.9. The summed E-state index contributed by atoms with van der Waals surface area (Å²) in [5, 5.41) is 17.5. The number of fused-ring (bicyclic) bond motifs is 1. The van der Waals surface area contributed by atoms with E-state index in [1.165, 1.54) is 6.07 Å². The van der Waals surface area contributed by atoms with Crippen molar-refractivity contribution in [3.63, 3.8) is 0 Å². The first kappa shape index (κ1) is 37.2. The van der Waals surface area contributed by atoms with Gasteiger partial charge in [0.05, 0.1) is 23.7 Å². The minimum Gasteiger partial charge on any atom is -0.390 e. The van der Waals surface area contributed by atoms with Gasteiger partial charge in [-0.2, -0.15) is 0 Å². The number of aliphatic hydroxyl groups excluding tert-OH is 1. The molecule has 3 aromatic carbocycles. The number of rotatable bonds is 14. The van der Waals surface area contributed by atoms with Crippen LogP contribution in [0.4, 0.5) is 8.78 Å². The zero-order valence-electron chi connectivity index (χ0n) is 28.4. The molecule has 0 saturated carbocycles. The normalized spacial score (nSPS) is 16.6. The van der Waals surface area contributed by atoms with Crippen molar-refractivity contribution >= 4 is 21.7 Å². The van der Waals surface area contributed by atoms with Crippen molar-refractivity contribution in [1.82, 2.24) is 15.5 Å². The predicted octanol–water partition coefficient (Wildman–Crippen LogP) is 5.62. The Morgan fingerprint density at radius 2 is 1.60 bits per heavy atom. The van der Waals surface area contributed by atoms with Crippen molar-refractivity contribution in [2.24, 2.45) is 0 Å². The van der Waals surface area contributed by atoms with Gasteiger partial charge in [-0.05, 0) is 90.3 Å². The van der Waals surface area contributed by atoms with Gasteiger partial charge < -0.3 is 20.6 Å². The Bertz CT molecular complexity index is 1700. The SMILES string of the molecule is CCCN(CCC)C(=O)c1cc(C)cc(C(=O)NC(Cc2cc(F)cc(F)c2)C(O)CNC2CS(=O)(=O)Cc3ccc(C(C)C)cc32)c1. The highest BCUT2D eigenvalue weighted by Gasteiger charge is 2.32. The summed E-state index contributed by atoms with van der Waals surface area (Å²) in [7, 11) is -3.42. The van der Waals surface area contributed by atoms with Gasteiger partial charge in [-0.3, -0.25) is 9.59 Å². The van der Waals surface area contributed by atoms with Crippen LogP contribution in [0.3, 0.4) is 0 Å². The Hall–Kier alpha value is -3.67. The maximum Gasteiger partial charge on any atom is 0.253 e. The number of hydrogen-bond donors (Lipinski definition) is 3. The van der Waals surface area contributed by atoms with Gasteiger partial charge in [-0.1, -0.05) is 45.9 Å². The van der Waals surface area contributed by atoms with E-state index in [1.807, 2.05) is 32.0 Å². The van der Waals surface area contributed by atoms with Crippen molar-refractivity contribution in [2.45, 2.75) is 83.7 Å². The number of carbonyl (C=O) groups is 2. The third-order valence-electron chi connectivity index (χ3n) is 8.60. The first-order valence-electron chi connectivity index (χ1n) is 16.6. The fraction of sp³-hybridized carbons (Fsp3) is 0.459. The molecule has 0 radical (unpaired) electrons. The molecule has 260 valence electrons. The van der Waals surface area contributed by atoms with E-state index in [9.17, 15) is 31.9 Å². The molecule has 48 heavy (non-hydrogen) atoms. The lowest BCUT2D eigenvalue weighted by molar-refractivity contribution is 0.0755. The topological polar surface area (TPSA) is 116 Å². The molecule has 1 heterocycles. The van der Waals surface area contributed by atoms with Gasteiger partial charge in [-0.25, -0.2) is 17.2 Å². The molecule has 8 nitrogen and oxygen atoms in total. The van der Waals surface area contributed by atoms with Gasteiger partial charge in [-0.15, -0.1) is 0 Å². The lowest BCUT2D eigenvalue weighted by Crippen LogP contribution is -2.50. The molecular formula is C37H47F2N3O5S. The zero-order valence-corrected chi connectivity index (χ0v) is 29.2. The molecule has 0 aliphatic carbocycles. The molecule has 3 atom stereocenters.